The van der Waals surface area contributed by atoms with Crippen molar-refractivity contribution in [3.8, 4) is 5.69 Å². The van der Waals surface area contributed by atoms with Gasteiger partial charge in [0, 0.05) is 49.7 Å². The molecule has 10 aromatic carbocycles. The summed E-state index contributed by atoms with van der Waals surface area (Å²) in [6, 6.07) is 73.5. The van der Waals surface area contributed by atoms with Crippen LogP contribution >= 0.6 is 0 Å². The van der Waals surface area contributed by atoms with E-state index in [1.807, 2.05) is 0 Å². The minimum absolute atomic E-state index is 0.144. The number of nitrogens with zero attached hydrogens (tertiary/aromatic N) is 3. The maximum absolute atomic E-state index is 7.25. The first-order valence-electron chi connectivity index (χ1n) is 27.0. The first-order valence-corrected chi connectivity index (χ1v) is 27.0. The highest BCUT2D eigenvalue weighted by molar-refractivity contribution is 6.22. The summed E-state index contributed by atoms with van der Waals surface area (Å²) in [5.74, 6) is 1.53. The third-order valence-electron chi connectivity index (χ3n) is 17.0. The molecule has 4 nitrogen and oxygen atoms in total. The van der Waals surface area contributed by atoms with Gasteiger partial charge >= 0.3 is 0 Å². The molecule has 0 radical (unpaired) electrons. The number of aromatic nitrogens is 1. The van der Waals surface area contributed by atoms with Crippen LogP contribution in [0.1, 0.15) is 84.9 Å². The van der Waals surface area contributed by atoms with Crippen LogP contribution in [0.15, 0.2) is 232 Å². The molecular weight excluding hydrogens is 911 g/mol. The fourth-order valence-corrected chi connectivity index (χ4v) is 13.3. The smallest absolute Gasteiger partial charge is 0.155 e. The van der Waals surface area contributed by atoms with Crippen LogP contribution < -0.4 is 0 Å². The van der Waals surface area contributed by atoms with E-state index in [-0.39, 0.29) is 17.9 Å². The molecule has 2 aromatic heterocycles. The van der Waals surface area contributed by atoms with Gasteiger partial charge in [-0.25, -0.2) is 4.99 Å². The van der Waals surface area contributed by atoms with Crippen LogP contribution in [0.5, 0.6) is 0 Å². The lowest BCUT2D eigenvalue weighted by atomic mass is 9.78. The van der Waals surface area contributed by atoms with Crippen molar-refractivity contribution in [2.75, 3.05) is 0 Å². The Hall–Kier alpha value is -8.60. The molecule has 0 saturated heterocycles. The molecule has 4 atom stereocenters. The Kier molecular flexibility index (Phi) is 10.3. The molecule has 4 unspecified atom stereocenters. The van der Waals surface area contributed by atoms with E-state index in [9.17, 15) is 0 Å². The van der Waals surface area contributed by atoms with Gasteiger partial charge in [0.05, 0.1) is 22.8 Å². The minimum atomic E-state index is -0.221. The Morgan fingerprint density at radius 3 is 2.13 bits per heavy atom. The number of hydrogen-bond donors (Lipinski definition) is 0. The molecule has 0 spiro atoms. The highest BCUT2D eigenvalue weighted by Crippen LogP contribution is 2.49. The molecule has 0 amide bonds. The van der Waals surface area contributed by atoms with Crippen LogP contribution in [0.25, 0.3) is 87.3 Å². The van der Waals surface area contributed by atoms with Crippen molar-refractivity contribution < 1.29 is 4.42 Å². The van der Waals surface area contributed by atoms with Gasteiger partial charge in [-0.15, -0.1) is 0 Å². The van der Waals surface area contributed by atoms with E-state index in [1.165, 1.54) is 82.1 Å². The third-order valence-corrected chi connectivity index (χ3v) is 17.0. The van der Waals surface area contributed by atoms with Crippen LogP contribution in [0, 0.1) is 11.8 Å². The molecule has 15 rings (SSSR count). The van der Waals surface area contributed by atoms with Gasteiger partial charge < -0.3 is 8.98 Å². The molecule has 3 aliphatic rings. The summed E-state index contributed by atoms with van der Waals surface area (Å²) in [5.41, 5.74) is 16.9. The van der Waals surface area contributed by atoms with Crippen molar-refractivity contribution in [2.24, 2.45) is 21.8 Å². The largest absolute Gasteiger partial charge is 0.455 e. The molecular formula is C71H55N3O. The van der Waals surface area contributed by atoms with E-state index >= 15 is 0 Å². The van der Waals surface area contributed by atoms with E-state index in [2.05, 4.69) is 231 Å². The van der Waals surface area contributed by atoms with Gasteiger partial charge in [-0.2, -0.15) is 0 Å². The fraction of sp³-hybridized carbons (Fsp3) is 0.155. The number of aliphatic imine (C=N–C) groups is 2. The zero-order valence-corrected chi connectivity index (χ0v) is 42.3. The number of allylic oxidation sites excluding steroid dienone is 4. The Balaban J connectivity index is 0.976. The number of aryl methyl sites for hydroxylation is 1. The lowest BCUT2D eigenvalue weighted by Gasteiger charge is -2.28. The van der Waals surface area contributed by atoms with Crippen molar-refractivity contribution in [1.29, 1.82) is 0 Å². The molecule has 75 heavy (non-hydrogen) atoms. The Bertz CT molecular complexity index is 4450. The summed E-state index contributed by atoms with van der Waals surface area (Å²) in [6.07, 6.45) is 9.62. The van der Waals surface area contributed by atoms with E-state index < -0.39 is 0 Å². The molecule has 0 fully saturated rings. The lowest BCUT2D eigenvalue weighted by molar-refractivity contribution is 0.448. The molecule has 4 heteroatoms. The first kappa shape index (κ1) is 43.9. The van der Waals surface area contributed by atoms with E-state index in [0.717, 1.165) is 87.8 Å². The summed E-state index contributed by atoms with van der Waals surface area (Å²) in [7, 11) is 0. The van der Waals surface area contributed by atoms with E-state index in [1.54, 1.807) is 0 Å². The molecule has 0 saturated carbocycles. The summed E-state index contributed by atoms with van der Waals surface area (Å²) in [4.78, 5) is 11.9. The quantitative estimate of drug-likeness (QED) is 0.169. The van der Waals surface area contributed by atoms with Crippen LogP contribution in [0.2, 0.25) is 0 Å². The van der Waals surface area contributed by atoms with Crippen LogP contribution in [-0.2, 0) is 6.42 Å². The average molecular weight is 966 g/mol. The normalized spacial score (nSPS) is 20.5. The number of hydrogen-bond acceptors (Lipinski definition) is 3. The minimum Gasteiger partial charge on any atom is -0.455 e. The van der Waals surface area contributed by atoms with Crippen molar-refractivity contribution in [2.45, 2.75) is 57.9 Å². The SMILES string of the molecule is CC1C=CC2=C(C1)c1cc3ccccc3cc1CCC2c1cc(C2/N=C(c3ccc4ccccc4c3)\N=C(\c3cccc4c5ccccc5n(-c5ccccc5)c34)CCC2C)c2c(c1)oc1c3ccccc3ccc12. The number of fused-ring (bicyclic) bond motifs is 12. The average Bonchev–Trinajstić information content (AvgIpc) is 3.98. The summed E-state index contributed by atoms with van der Waals surface area (Å²) in [5, 5.41) is 12.0. The standard InChI is InChI=1S/C71H55N3O/c1-43-27-33-56-54(34-32-50-38-48-18-8-9-19-49(48)40-61(50)62(56)37-43)52-41-63(67-60-35-31-46-16-10-11-22-55(46)70(60)75-66(67)42-52)68-44(2)28-36-64(72-71(73-68)51-30-29-45-15-6-7-17-47(45)39-51)59-25-14-24-58-57-23-12-13-26-65(57)74(69(58)59)53-20-4-3-5-21-53/h3-27,29-31,33,35,38-44,54,68H,28,32,34,36-37H2,1-2H3/b72-64+,73-71-. The number of amidine groups is 1. The first-order chi connectivity index (χ1) is 37.0. The lowest BCUT2D eigenvalue weighted by Crippen LogP contribution is -2.19. The predicted octanol–water partition coefficient (Wildman–Crippen LogP) is 18.6. The second-order valence-corrected chi connectivity index (χ2v) is 21.6. The van der Waals surface area contributed by atoms with Crippen LogP contribution in [0.4, 0.5) is 0 Å². The monoisotopic (exact) mass is 965 g/mol. The van der Waals surface area contributed by atoms with Crippen molar-refractivity contribution in [1.82, 2.24) is 4.57 Å². The maximum atomic E-state index is 7.25. The second-order valence-electron chi connectivity index (χ2n) is 21.6. The van der Waals surface area contributed by atoms with E-state index in [0.29, 0.717) is 5.92 Å². The number of furan rings is 1. The molecule has 0 N–H and O–H groups in total. The Morgan fingerprint density at radius 1 is 0.560 bits per heavy atom. The molecule has 12 aromatic rings. The number of para-hydroxylation sites is 3. The Labute approximate surface area is 436 Å². The second kappa shape index (κ2) is 17.5. The highest BCUT2D eigenvalue weighted by atomic mass is 16.3. The van der Waals surface area contributed by atoms with E-state index in [4.69, 9.17) is 14.4 Å². The molecule has 2 aliphatic carbocycles. The third kappa shape index (κ3) is 7.25. The van der Waals surface area contributed by atoms with Gasteiger partial charge in [-0.1, -0.05) is 184 Å². The van der Waals surface area contributed by atoms with Crippen LogP contribution in [0.3, 0.4) is 0 Å². The van der Waals surface area contributed by atoms with Crippen molar-refractivity contribution in [3.05, 3.63) is 251 Å². The molecule has 360 valence electrons. The van der Waals surface area contributed by atoms with Crippen molar-refractivity contribution >= 4 is 93.2 Å². The molecule has 1 aliphatic heterocycles. The van der Waals surface area contributed by atoms with Gasteiger partial charge in [0.15, 0.2) is 5.84 Å². The van der Waals surface area contributed by atoms with Gasteiger partial charge in [0.1, 0.15) is 11.2 Å². The van der Waals surface area contributed by atoms with Gasteiger partial charge in [0.25, 0.3) is 0 Å². The molecule has 3 heterocycles. The number of rotatable bonds is 5. The maximum Gasteiger partial charge on any atom is 0.155 e. The Morgan fingerprint density at radius 2 is 1.28 bits per heavy atom. The highest BCUT2D eigenvalue weighted by Gasteiger charge is 2.33. The van der Waals surface area contributed by atoms with Crippen molar-refractivity contribution in [3.63, 3.8) is 0 Å². The summed E-state index contributed by atoms with van der Waals surface area (Å²) in [6.45, 7) is 4.79. The molecule has 0 bridgehead atoms. The fourth-order valence-electron chi connectivity index (χ4n) is 13.3. The zero-order valence-electron chi connectivity index (χ0n) is 42.3. The predicted molar refractivity (Wildman–Crippen MR) is 315 cm³/mol. The van der Waals surface area contributed by atoms with Gasteiger partial charge in [-0.3, -0.25) is 4.99 Å². The summed E-state index contributed by atoms with van der Waals surface area (Å²) < 4.78 is 9.69. The summed E-state index contributed by atoms with van der Waals surface area (Å²) >= 11 is 0. The van der Waals surface area contributed by atoms with Crippen LogP contribution in [-0.4, -0.2) is 16.1 Å². The van der Waals surface area contributed by atoms with Gasteiger partial charge in [-0.05, 0) is 147 Å². The van der Waals surface area contributed by atoms with Gasteiger partial charge in [0.2, 0.25) is 0 Å². The topological polar surface area (TPSA) is 42.8 Å². The zero-order chi connectivity index (χ0) is 49.7. The number of benzene rings is 10.